The van der Waals surface area contributed by atoms with E-state index >= 15 is 0 Å². The molecule has 9 heteroatoms. The first kappa shape index (κ1) is 19.4. The highest BCUT2D eigenvalue weighted by Crippen LogP contribution is 2.15. The summed E-state index contributed by atoms with van der Waals surface area (Å²) in [5.41, 5.74) is 0. The van der Waals surface area contributed by atoms with E-state index in [1.807, 2.05) is 6.92 Å². The fraction of sp³-hybridized carbons (Fsp3) is 0.778. The number of carbonyl (C=O) groups is 1. The molecule has 0 unspecified atom stereocenters. The van der Waals surface area contributed by atoms with Crippen LogP contribution in [0.15, 0.2) is 4.99 Å². The van der Waals surface area contributed by atoms with Gasteiger partial charge in [-0.1, -0.05) is 0 Å². The zero-order chi connectivity index (χ0) is 19.1. The molecule has 0 bridgehead atoms. The third-order valence-electron chi connectivity index (χ3n) is 5.02. The number of hydrogen-bond donors (Lipinski definition) is 2. The number of piperidine rings is 1. The quantitative estimate of drug-likeness (QED) is 0.593. The van der Waals surface area contributed by atoms with E-state index in [0.717, 1.165) is 50.0 Å². The predicted octanol–water partition coefficient (Wildman–Crippen LogP) is 1.29. The van der Waals surface area contributed by atoms with Gasteiger partial charge in [0.2, 0.25) is 0 Å². The number of amides is 1. The number of hydrogen-bond acceptors (Lipinski definition) is 5. The Bertz CT molecular complexity index is 650. The van der Waals surface area contributed by atoms with Crippen molar-refractivity contribution in [1.82, 2.24) is 30.3 Å². The molecule has 1 aromatic rings. The van der Waals surface area contributed by atoms with Crippen LogP contribution in [0.5, 0.6) is 0 Å². The minimum atomic E-state index is -0.215. The van der Waals surface area contributed by atoms with Crippen molar-refractivity contribution in [3.8, 4) is 0 Å². The summed E-state index contributed by atoms with van der Waals surface area (Å²) in [5.74, 6) is 2.80. The summed E-state index contributed by atoms with van der Waals surface area (Å²) in [6.45, 7) is 8.01. The molecule has 9 nitrogen and oxygen atoms in total. The van der Waals surface area contributed by atoms with Crippen LogP contribution in [0, 0.1) is 0 Å². The van der Waals surface area contributed by atoms with Crippen LogP contribution in [0.25, 0.3) is 0 Å². The fourth-order valence-corrected chi connectivity index (χ4v) is 3.57. The van der Waals surface area contributed by atoms with Crippen molar-refractivity contribution < 1.29 is 9.53 Å². The lowest BCUT2D eigenvalue weighted by atomic mass is 10.1. The lowest BCUT2D eigenvalue weighted by molar-refractivity contribution is 0.0963. The van der Waals surface area contributed by atoms with E-state index in [-0.39, 0.29) is 6.09 Å². The minimum absolute atomic E-state index is 0.215. The van der Waals surface area contributed by atoms with Gasteiger partial charge < -0.3 is 24.8 Å². The number of nitrogens with one attached hydrogen (secondary N) is 2. The largest absolute Gasteiger partial charge is 0.450 e. The van der Waals surface area contributed by atoms with E-state index < -0.39 is 0 Å². The number of likely N-dealkylation sites (tertiary alicyclic amines) is 1. The van der Waals surface area contributed by atoms with Gasteiger partial charge in [0.25, 0.3) is 0 Å². The van der Waals surface area contributed by atoms with Crippen molar-refractivity contribution >= 4 is 12.1 Å². The summed E-state index contributed by atoms with van der Waals surface area (Å²) >= 11 is 0. The molecule has 3 rings (SSSR count). The number of aromatic nitrogens is 3. The molecule has 1 fully saturated rings. The van der Waals surface area contributed by atoms with Crippen LogP contribution >= 0.6 is 0 Å². The van der Waals surface area contributed by atoms with Gasteiger partial charge in [-0.3, -0.25) is 0 Å². The van der Waals surface area contributed by atoms with Crippen molar-refractivity contribution in [2.45, 2.75) is 65.1 Å². The minimum Gasteiger partial charge on any atom is -0.450 e. The van der Waals surface area contributed by atoms with Crippen molar-refractivity contribution in [3.63, 3.8) is 0 Å². The number of fused-ring (bicyclic) bond motifs is 1. The van der Waals surface area contributed by atoms with E-state index in [2.05, 4.69) is 32.3 Å². The Labute approximate surface area is 160 Å². The number of aliphatic imine (C=N–C) groups is 1. The molecule has 2 aliphatic heterocycles. The van der Waals surface area contributed by atoms with Crippen LogP contribution in [0.3, 0.4) is 0 Å². The zero-order valence-electron chi connectivity index (χ0n) is 16.4. The van der Waals surface area contributed by atoms with E-state index in [0.29, 0.717) is 32.3 Å². The predicted molar refractivity (Wildman–Crippen MR) is 103 cm³/mol. The third-order valence-corrected chi connectivity index (χ3v) is 5.02. The number of carbonyl (C=O) groups excluding carboxylic acids is 1. The lowest BCUT2D eigenvalue weighted by Gasteiger charge is -2.32. The monoisotopic (exact) mass is 377 g/mol. The second-order valence-corrected chi connectivity index (χ2v) is 6.94. The first-order chi connectivity index (χ1) is 13.2. The first-order valence-electron chi connectivity index (χ1n) is 10.1. The number of rotatable bonds is 5. The summed E-state index contributed by atoms with van der Waals surface area (Å²) in [4.78, 5) is 18.3. The highest BCUT2D eigenvalue weighted by molar-refractivity contribution is 5.80. The maximum Gasteiger partial charge on any atom is 0.409 e. The molecule has 0 radical (unpaired) electrons. The standard InChI is InChI=1S/C18H31N7O2/c1-3-19-17(20-13-16-23-22-15-7-5-6-10-25(15)16)21-14-8-11-24(12-9-14)18(26)27-4-2/h14H,3-13H2,1-2H3,(H2,19,20,21). The molecule has 2 aliphatic rings. The maximum absolute atomic E-state index is 11.8. The Balaban J connectivity index is 1.54. The van der Waals surface area contributed by atoms with Gasteiger partial charge >= 0.3 is 6.09 Å². The number of ether oxygens (including phenoxy) is 1. The van der Waals surface area contributed by atoms with Crippen LogP contribution in [0.2, 0.25) is 0 Å². The normalized spacial score (nSPS) is 18.1. The zero-order valence-corrected chi connectivity index (χ0v) is 16.4. The van der Waals surface area contributed by atoms with Crippen molar-refractivity contribution in [2.75, 3.05) is 26.2 Å². The van der Waals surface area contributed by atoms with Crippen LogP contribution in [-0.4, -0.2) is 64.0 Å². The molecule has 0 aromatic carbocycles. The molecule has 1 saturated heterocycles. The second-order valence-electron chi connectivity index (χ2n) is 6.94. The van der Waals surface area contributed by atoms with E-state index in [1.54, 1.807) is 4.90 Å². The fourth-order valence-electron chi connectivity index (χ4n) is 3.57. The first-order valence-corrected chi connectivity index (χ1v) is 10.1. The molecule has 0 spiro atoms. The van der Waals surface area contributed by atoms with Gasteiger partial charge in [-0.2, -0.15) is 0 Å². The summed E-state index contributed by atoms with van der Waals surface area (Å²) in [6.07, 6.45) is 4.92. The lowest BCUT2D eigenvalue weighted by Crippen LogP contribution is -2.49. The molecule has 1 amide bonds. The second kappa shape index (κ2) is 9.57. The summed E-state index contributed by atoms with van der Waals surface area (Å²) < 4.78 is 7.28. The summed E-state index contributed by atoms with van der Waals surface area (Å²) in [5, 5.41) is 15.4. The summed E-state index contributed by atoms with van der Waals surface area (Å²) in [6, 6.07) is 0.292. The molecule has 27 heavy (non-hydrogen) atoms. The SMILES string of the molecule is CCNC(=NCc1nnc2n1CCCC2)NC1CCN(C(=O)OCC)CC1. The van der Waals surface area contributed by atoms with Crippen LogP contribution in [0.4, 0.5) is 4.79 Å². The smallest absolute Gasteiger partial charge is 0.409 e. The van der Waals surface area contributed by atoms with Crippen molar-refractivity contribution in [2.24, 2.45) is 4.99 Å². The molecular weight excluding hydrogens is 346 g/mol. The van der Waals surface area contributed by atoms with Crippen molar-refractivity contribution in [1.29, 1.82) is 0 Å². The average Bonchev–Trinajstić information content (AvgIpc) is 3.10. The van der Waals surface area contributed by atoms with Crippen LogP contribution in [-0.2, 0) is 24.2 Å². The van der Waals surface area contributed by atoms with Crippen molar-refractivity contribution in [3.05, 3.63) is 11.6 Å². The Morgan fingerprint density at radius 2 is 2.04 bits per heavy atom. The van der Waals surface area contributed by atoms with Gasteiger partial charge in [0, 0.05) is 38.6 Å². The van der Waals surface area contributed by atoms with Gasteiger partial charge in [-0.15, -0.1) is 10.2 Å². The molecule has 1 aromatic heterocycles. The molecule has 150 valence electrons. The Hall–Kier alpha value is -2.32. The highest BCUT2D eigenvalue weighted by Gasteiger charge is 2.24. The van der Waals surface area contributed by atoms with Gasteiger partial charge in [0.05, 0.1) is 6.61 Å². The Morgan fingerprint density at radius 1 is 1.22 bits per heavy atom. The van der Waals surface area contributed by atoms with Crippen LogP contribution < -0.4 is 10.6 Å². The Morgan fingerprint density at radius 3 is 2.78 bits per heavy atom. The molecule has 2 N–H and O–H groups in total. The summed E-state index contributed by atoms with van der Waals surface area (Å²) in [7, 11) is 0. The molecular formula is C18H31N7O2. The van der Waals surface area contributed by atoms with E-state index in [4.69, 9.17) is 9.73 Å². The molecule has 0 atom stereocenters. The third kappa shape index (κ3) is 5.11. The number of guanidine groups is 1. The van der Waals surface area contributed by atoms with Crippen LogP contribution in [0.1, 0.15) is 51.2 Å². The molecule has 3 heterocycles. The number of nitrogens with zero attached hydrogens (tertiary/aromatic N) is 5. The Kier molecular flexibility index (Phi) is 6.89. The molecule has 0 saturated carbocycles. The van der Waals surface area contributed by atoms with Gasteiger partial charge in [0.1, 0.15) is 12.4 Å². The maximum atomic E-state index is 11.8. The van der Waals surface area contributed by atoms with E-state index in [1.165, 1.54) is 12.8 Å². The van der Waals surface area contributed by atoms with Gasteiger partial charge in [0.15, 0.2) is 11.8 Å². The van der Waals surface area contributed by atoms with E-state index in [9.17, 15) is 4.79 Å². The van der Waals surface area contributed by atoms with Gasteiger partial charge in [-0.25, -0.2) is 9.79 Å². The van der Waals surface area contributed by atoms with Gasteiger partial charge in [-0.05, 0) is 39.5 Å². The topological polar surface area (TPSA) is 96.7 Å². The highest BCUT2D eigenvalue weighted by atomic mass is 16.6. The number of aryl methyl sites for hydroxylation is 1. The molecule has 0 aliphatic carbocycles. The average molecular weight is 377 g/mol.